The predicted octanol–water partition coefficient (Wildman–Crippen LogP) is 1.43. The molecule has 16 heavy (non-hydrogen) atoms. The second-order valence-corrected chi connectivity index (χ2v) is 4.04. The summed E-state index contributed by atoms with van der Waals surface area (Å²) in [4.78, 5) is 21.4. The van der Waals surface area contributed by atoms with Gasteiger partial charge in [0.05, 0.1) is 12.0 Å². The predicted molar refractivity (Wildman–Crippen MR) is 63.4 cm³/mol. The topological polar surface area (TPSA) is 92.4 Å². The number of aliphatic carboxylic acids is 1. The molecule has 4 N–H and O–H groups in total. The van der Waals surface area contributed by atoms with E-state index in [1.54, 1.807) is 18.2 Å². The maximum atomic E-state index is 11.1. The molecule has 1 amide bonds. The highest BCUT2D eigenvalue weighted by molar-refractivity contribution is 9.10. The number of halogens is 1. The molecule has 0 saturated heterocycles. The molecular weight excluding hydrogens is 276 g/mol. The molecular formula is C10H11BrN2O3. The van der Waals surface area contributed by atoms with Crippen LogP contribution in [0.5, 0.6) is 0 Å². The summed E-state index contributed by atoms with van der Waals surface area (Å²) in [5.74, 6) is -1.45. The average molecular weight is 287 g/mol. The molecule has 0 aliphatic rings. The minimum absolute atomic E-state index is 0.0196. The van der Waals surface area contributed by atoms with Gasteiger partial charge in [-0.2, -0.15) is 0 Å². The van der Waals surface area contributed by atoms with Crippen molar-refractivity contribution in [3.63, 3.8) is 0 Å². The van der Waals surface area contributed by atoms with E-state index in [0.717, 1.165) is 4.47 Å². The zero-order valence-corrected chi connectivity index (χ0v) is 9.95. The number of hydrogen-bond acceptors (Lipinski definition) is 3. The number of nitrogens with two attached hydrogens (primary N) is 1. The maximum absolute atomic E-state index is 11.1. The van der Waals surface area contributed by atoms with E-state index < -0.39 is 11.9 Å². The first-order valence-corrected chi connectivity index (χ1v) is 5.35. The summed E-state index contributed by atoms with van der Waals surface area (Å²) in [6.45, 7) is 0.247. The molecule has 0 fully saturated rings. The van der Waals surface area contributed by atoms with Crippen molar-refractivity contribution in [3.05, 3.63) is 28.2 Å². The van der Waals surface area contributed by atoms with Crippen molar-refractivity contribution in [3.8, 4) is 0 Å². The lowest BCUT2D eigenvalue weighted by Crippen LogP contribution is -2.16. The van der Waals surface area contributed by atoms with Gasteiger partial charge in [0.1, 0.15) is 0 Å². The quantitative estimate of drug-likeness (QED) is 0.764. The van der Waals surface area contributed by atoms with E-state index in [9.17, 15) is 9.59 Å². The van der Waals surface area contributed by atoms with Gasteiger partial charge in [-0.15, -0.1) is 0 Å². The van der Waals surface area contributed by atoms with E-state index in [-0.39, 0.29) is 13.0 Å². The van der Waals surface area contributed by atoms with Gasteiger partial charge in [-0.25, -0.2) is 0 Å². The third-order valence-electron chi connectivity index (χ3n) is 1.90. The molecule has 1 rings (SSSR count). The first-order valence-electron chi connectivity index (χ1n) is 4.55. The first-order chi connectivity index (χ1) is 7.50. The number of nitrogens with one attached hydrogen (secondary N) is 1. The molecule has 86 valence electrons. The van der Waals surface area contributed by atoms with E-state index in [2.05, 4.69) is 21.2 Å². The van der Waals surface area contributed by atoms with Crippen LogP contribution in [0.25, 0.3) is 0 Å². The fourth-order valence-electron chi connectivity index (χ4n) is 1.18. The Morgan fingerprint density at radius 3 is 2.69 bits per heavy atom. The van der Waals surface area contributed by atoms with Crippen molar-refractivity contribution in [2.45, 2.75) is 6.42 Å². The molecule has 1 aromatic carbocycles. The van der Waals surface area contributed by atoms with E-state index in [0.29, 0.717) is 11.3 Å². The highest BCUT2D eigenvalue weighted by Crippen LogP contribution is 2.20. The molecule has 0 aromatic heterocycles. The van der Waals surface area contributed by atoms with Crippen LogP contribution in [0, 0.1) is 0 Å². The van der Waals surface area contributed by atoms with Crippen molar-refractivity contribution in [2.24, 2.45) is 5.73 Å². The van der Waals surface area contributed by atoms with Crippen LogP contribution in [0.4, 0.5) is 5.69 Å². The molecule has 0 radical (unpaired) electrons. The summed E-state index contributed by atoms with van der Waals surface area (Å²) < 4.78 is 0.741. The normalized spacial score (nSPS) is 9.81. The summed E-state index contributed by atoms with van der Waals surface area (Å²) in [7, 11) is 0. The summed E-state index contributed by atoms with van der Waals surface area (Å²) >= 11 is 3.23. The van der Waals surface area contributed by atoms with Crippen LogP contribution in [-0.4, -0.2) is 23.5 Å². The Balaban J connectivity index is 2.78. The summed E-state index contributed by atoms with van der Waals surface area (Å²) in [6, 6.07) is 5.01. The van der Waals surface area contributed by atoms with Gasteiger partial charge >= 0.3 is 5.97 Å². The molecule has 1 aromatic rings. The second-order valence-electron chi connectivity index (χ2n) is 3.12. The zero-order chi connectivity index (χ0) is 12.1. The number of amides is 1. The Labute approximate surface area is 101 Å². The Bertz CT molecular complexity index is 421. The van der Waals surface area contributed by atoms with Crippen LogP contribution < -0.4 is 11.1 Å². The fourth-order valence-corrected chi connectivity index (χ4v) is 1.54. The van der Waals surface area contributed by atoms with Crippen LogP contribution in [-0.2, 0) is 4.79 Å². The number of carboxylic acids is 1. The van der Waals surface area contributed by atoms with Gasteiger partial charge < -0.3 is 16.2 Å². The molecule has 0 saturated carbocycles. The van der Waals surface area contributed by atoms with E-state index in [4.69, 9.17) is 10.8 Å². The smallest absolute Gasteiger partial charge is 0.305 e. The van der Waals surface area contributed by atoms with Crippen molar-refractivity contribution in [1.82, 2.24) is 0 Å². The average Bonchev–Trinajstić information content (AvgIpc) is 2.19. The highest BCUT2D eigenvalue weighted by atomic mass is 79.9. The maximum Gasteiger partial charge on any atom is 0.305 e. The van der Waals surface area contributed by atoms with Gasteiger partial charge in [0.25, 0.3) is 5.91 Å². The van der Waals surface area contributed by atoms with Gasteiger partial charge in [0, 0.05) is 16.7 Å². The summed E-state index contributed by atoms with van der Waals surface area (Å²) in [5, 5.41) is 11.3. The highest BCUT2D eigenvalue weighted by Gasteiger charge is 2.08. The number of benzene rings is 1. The number of rotatable bonds is 5. The summed E-state index contributed by atoms with van der Waals surface area (Å²) in [6.07, 6.45) is -0.0196. The lowest BCUT2D eigenvalue weighted by Gasteiger charge is -2.09. The minimum atomic E-state index is -0.898. The number of carbonyl (C=O) groups excluding carboxylic acids is 1. The SMILES string of the molecule is NC(=O)c1cc(Br)ccc1NCCC(=O)O. The number of carbonyl (C=O) groups is 2. The standard InChI is InChI=1S/C10H11BrN2O3/c11-6-1-2-8(7(5-6)10(12)16)13-4-3-9(14)15/h1-2,5,13H,3-4H2,(H2,12,16)(H,14,15). The zero-order valence-electron chi connectivity index (χ0n) is 8.37. The lowest BCUT2D eigenvalue weighted by molar-refractivity contribution is -0.136. The van der Waals surface area contributed by atoms with Crippen molar-refractivity contribution in [2.75, 3.05) is 11.9 Å². The van der Waals surface area contributed by atoms with Gasteiger partial charge in [-0.1, -0.05) is 15.9 Å². The molecule has 0 unspecified atom stereocenters. The van der Waals surface area contributed by atoms with Crippen molar-refractivity contribution >= 4 is 33.5 Å². The number of hydrogen-bond donors (Lipinski definition) is 3. The number of carboxylic acid groups (broad SMARTS) is 1. The molecule has 0 aliphatic heterocycles. The van der Waals surface area contributed by atoms with Crippen molar-refractivity contribution < 1.29 is 14.7 Å². The Morgan fingerprint density at radius 1 is 1.44 bits per heavy atom. The van der Waals surface area contributed by atoms with Crippen molar-refractivity contribution in [1.29, 1.82) is 0 Å². The van der Waals surface area contributed by atoms with E-state index >= 15 is 0 Å². The second kappa shape index (κ2) is 5.50. The molecule has 0 atom stereocenters. The molecule has 0 aliphatic carbocycles. The van der Waals surface area contributed by atoms with Gasteiger partial charge in [0.2, 0.25) is 0 Å². The van der Waals surface area contributed by atoms with Crippen LogP contribution in [0.1, 0.15) is 16.8 Å². The molecule has 5 nitrogen and oxygen atoms in total. The molecule has 0 heterocycles. The third kappa shape index (κ3) is 3.54. The van der Waals surface area contributed by atoms with Gasteiger partial charge in [-0.05, 0) is 18.2 Å². The Kier molecular flexibility index (Phi) is 4.30. The van der Waals surface area contributed by atoms with Crippen LogP contribution in [0.3, 0.4) is 0 Å². The third-order valence-corrected chi connectivity index (χ3v) is 2.39. The van der Waals surface area contributed by atoms with Gasteiger partial charge in [0.15, 0.2) is 0 Å². The fraction of sp³-hybridized carbons (Fsp3) is 0.200. The van der Waals surface area contributed by atoms with E-state index in [1.807, 2.05) is 0 Å². The molecule has 0 bridgehead atoms. The number of primary amides is 1. The van der Waals surface area contributed by atoms with Crippen LogP contribution in [0.15, 0.2) is 22.7 Å². The van der Waals surface area contributed by atoms with Crippen LogP contribution in [0.2, 0.25) is 0 Å². The Morgan fingerprint density at radius 2 is 2.12 bits per heavy atom. The minimum Gasteiger partial charge on any atom is -0.481 e. The van der Waals surface area contributed by atoms with Gasteiger partial charge in [-0.3, -0.25) is 9.59 Å². The van der Waals surface area contributed by atoms with Crippen LogP contribution >= 0.6 is 15.9 Å². The largest absolute Gasteiger partial charge is 0.481 e. The summed E-state index contributed by atoms with van der Waals surface area (Å²) in [5.41, 5.74) is 6.07. The first kappa shape index (κ1) is 12.5. The number of anilines is 1. The monoisotopic (exact) mass is 286 g/mol. The molecule has 0 spiro atoms. The molecule has 6 heteroatoms. The Hall–Kier alpha value is -1.56. The van der Waals surface area contributed by atoms with E-state index in [1.165, 1.54) is 0 Å². The lowest BCUT2D eigenvalue weighted by atomic mass is 10.1.